The molecular formula is C12H18ClFNO3P. The van der Waals surface area contributed by atoms with E-state index < -0.39 is 19.2 Å². The molecule has 19 heavy (non-hydrogen) atoms. The molecule has 0 unspecified atom stereocenters. The highest BCUT2D eigenvalue weighted by Crippen LogP contribution is 2.59. The molecule has 0 heterocycles. The van der Waals surface area contributed by atoms with Crippen LogP contribution in [0.4, 0.5) is 4.39 Å². The van der Waals surface area contributed by atoms with Gasteiger partial charge in [-0.15, -0.1) is 0 Å². The minimum atomic E-state index is -3.65. The number of hydrogen-bond acceptors (Lipinski definition) is 4. The van der Waals surface area contributed by atoms with Gasteiger partial charge in [0.2, 0.25) is 0 Å². The standard InChI is InChI=1S/C12H18ClFNO3P/c1-4-17-19(16,18-5-2)12(15)10-9(14)7-6-8(3)11(10)13/h6-7,12H,4-5,15H2,1-3H3/t12-/m1/s1. The molecule has 0 aliphatic heterocycles. The summed E-state index contributed by atoms with van der Waals surface area (Å²) in [5, 5.41) is 0.145. The molecule has 0 aliphatic carbocycles. The molecule has 0 radical (unpaired) electrons. The summed E-state index contributed by atoms with van der Waals surface area (Å²) in [4.78, 5) is 0. The highest BCUT2D eigenvalue weighted by Gasteiger charge is 2.37. The summed E-state index contributed by atoms with van der Waals surface area (Å²) in [6.45, 7) is 5.33. The van der Waals surface area contributed by atoms with Gasteiger partial charge in [-0.05, 0) is 32.4 Å². The van der Waals surface area contributed by atoms with Crippen LogP contribution in [0, 0.1) is 12.7 Å². The molecule has 0 aliphatic rings. The molecule has 1 aromatic rings. The lowest BCUT2D eigenvalue weighted by Gasteiger charge is -2.24. The van der Waals surface area contributed by atoms with Gasteiger partial charge in [0.25, 0.3) is 0 Å². The Kier molecular flexibility index (Phi) is 5.96. The first-order valence-electron chi connectivity index (χ1n) is 5.96. The molecule has 0 saturated carbocycles. The molecule has 1 aromatic carbocycles. The fourth-order valence-corrected chi connectivity index (χ4v) is 3.70. The summed E-state index contributed by atoms with van der Waals surface area (Å²) in [6.07, 6.45) is 0. The lowest BCUT2D eigenvalue weighted by atomic mass is 10.1. The number of aryl methyl sites for hydroxylation is 1. The third kappa shape index (κ3) is 3.56. The van der Waals surface area contributed by atoms with E-state index in [0.29, 0.717) is 5.56 Å². The lowest BCUT2D eigenvalue weighted by Crippen LogP contribution is -2.17. The molecule has 1 atom stereocenters. The van der Waals surface area contributed by atoms with E-state index in [1.807, 2.05) is 0 Å². The van der Waals surface area contributed by atoms with Crippen LogP contribution < -0.4 is 5.73 Å². The Hall–Kier alpha value is -0.450. The predicted octanol–water partition coefficient (Wildman–Crippen LogP) is 4.01. The summed E-state index contributed by atoms with van der Waals surface area (Å²) in [6, 6.07) is 2.76. The Morgan fingerprint density at radius 3 is 2.37 bits per heavy atom. The largest absolute Gasteiger partial charge is 0.351 e. The van der Waals surface area contributed by atoms with Crippen molar-refractivity contribution in [3.8, 4) is 0 Å². The number of hydrogen-bond donors (Lipinski definition) is 1. The minimum Gasteiger partial charge on any atom is -0.314 e. The van der Waals surface area contributed by atoms with Gasteiger partial charge in [0, 0.05) is 5.56 Å². The monoisotopic (exact) mass is 309 g/mol. The Bertz CT molecular complexity index is 488. The van der Waals surface area contributed by atoms with Crippen molar-refractivity contribution in [3.05, 3.63) is 34.1 Å². The summed E-state index contributed by atoms with van der Waals surface area (Å²) >= 11 is 6.05. The molecule has 0 saturated heterocycles. The number of nitrogens with two attached hydrogens (primary N) is 1. The quantitative estimate of drug-likeness (QED) is 0.806. The maximum atomic E-state index is 13.9. The van der Waals surface area contributed by atoms with Gasteiger partial charge in [-0.2, -0.15) is 0 Å². The molecular weight excluding hydrogens is 292 g/mol. The normalized spacial score (nSPS) is 13.6. The Morgan fingerprint density at radius 1 is 1.37 bits per heavy atom. The van der Waals surface area contributed by atoms with Crippen LogP contribution in [0.25, 0.3) is 0 Å². The smallest absolute Gasteiger partial charge is 0.314 e. The van der Waals surface area contributed by atoms with Crippen molar-refractivity contribution in [1.82, 2.24) is 0 Å². The van der Waals surface area contributed by atoms with Crippen molar-refractivity contribution >= 4 is 19.2 Å². The number of rotatable bonds is 6. The van der Waals surface area contributed by atoms with E-state index in [1.54, 1.807) is 20.8 Å². The number of halogens is 2. The molecule has 0 bridgehead atoms. The van der Waals surface area contributed by atoms with Crippen LogP contribution in [0.2, 0.25) is 5.02 Å². The van der Waals surface area contributed by atoms with E-state index in [-0.39, 0.29) is 23.8 Å². The average molecular weight is 310 g/mol. The molecule has 0 amide bonds. The molecule has 2 N–H and O–H groups in total. The summed E-state index contributed by atoms with van der Waals surface area (Å²) < 4.78 is 36.7. The van der Waals surface area contributed by atoms with Crippen LogP contribution in [0.15, 0.2) is 12.1 Å². The van der Waals surface area contributed by atoms with E-state index in [9.17, 15) is 8.96 Å². The van der Waals surface area contributed by atoms with Crippen LogP contribution in [0.1, 0.15) is 30.8 Å². The minimum absolute atomic E-state index is 0.0353. The Balaban J connectivity index is 3.28. The third-order valence-electron chi connectivity index (χ3n) is 2.57. The maximum absolute atomic E-state index is 13.9. The van der Waals surface area contributed by atoms with Crippen LogP contribution in [-0.4, -0.2) is 13.2 Å². The van der Waals surface area contributed by atoms with Gasteiger partial charge < -0.3 is 14.8 Å². The van der Waals surface area contributed by atoms with Crippen molar-refractivity contribution in [2.45, 2.75) is 26.6 Å². The van der Waals surface area contributed by atoms with Crippen molar-refractivity contribution in [2.24, 2.45) is 5.73 Å². The number of benzene rings is 1. The fourth-order valence-electron chi connectivity index (χ4n) is 1.67. The highest BCUT2D eigenvalue weighted by atomic mass is 35.5. The zero-order chi connectivity index (χ0) is 14.6. The summed E-state index contributed by atoms with van der Waals surface area (Å²) in [5.74, 6) is -1.87. The molecule has 0 aromatic heterocycles. The van der Waals surface area contributed by atoms with Gasteiger partial charge in [-0.25, -0.2) is 4.39 Å². The van der Waals surface area contributed by atoms with E-state index in [0.717, 1.165) is 0 Å². The molecule has 108 valence electrons. The van der Waals surface area contributed by atoms with Crippen molar-refractivity contribution in [3.63, 3.8) is 0 Å². The first-order valence-corrected chi connectivity index (χ1v) is 7.95. The second-order valence-electron chi connectivity index (χ2n) is 3.91. The second-order valence-corrected chi connectivity index (χ2v) is 6.44. The molecule has 0 spiro atoms. The van der Waals surface area contributed by atoms with Gasteiger partial charge >= 0.3 is 7.60 Å². The second kappa shape index (κ2) is 6.82. The Morgan fingerprint density at radius 2 is 1.89 bits per heavy atom. The maximum Gasteiger partial charge on any atom is 0.351 e. The van der Waals surface area contributed by atoms with E-state index in [4.69, 9.17) is 26.4 Å². The van der Waals surface area contributed by atoms with E-state index in [2.05, 4.69) is 0 Å². The first kappa shape index (κ1) is 16.6. The van der Waals surface area contributed by atoms with Crippen LogP contribution >= 0.6 is 19.2 Å². The van der Waals surface area contributed by atoms with E-state index in [1.165, 1.54) is 12.1 Å². The molecule has 1 rings (SSSR count). The van der Waals surface area contributed by atoms with Crippen LogP contribution in [0.5, 0.6) is 0 Å². The molecule has 7 heteroatoms. The van der Waals surface area contributed by atoms with Crippen LogP contribution in [0.3, 0.4) is 0 Å². The zero-order valence-corrected chi connectivity index (χ0v) is 12.8. The van der Waals surface area contributed by atoms with Gasteiger partial charge in [-0.1, -0.05) is 17.7 Å². The molecule has 4 nitrogen and oxygen atoms in total. The van der Waals surface area contributed by atoms with Crippen molar-refractivity contribution < 1.29 is 18.0 Å². The summed E-state index contributed by atoms with van der Waals surface area (Å²) in [5.41, 5.74) is 6.49. The predicted molar refractivity (Wildman–Crippen MR) is 73.9 cm³/mol. The fraction of sp³-hybridized carbons (Fsp3) is 0.500. The lowest BCUT2D eigenvalue weighted by molar-refractivity contribution is 0.212. The first-order chi connectivity index (χ1) is 8.87. The average Bonchev–Trinajstić information content (AvgIpc) is 2.35. The SMILES string of the molecule is CCOP(=O)(OCC)[C@@H](N)c1c(F)ccc(C)c1Cl. The topological polar surface area (TPSA) is 61.5 Å². The van der Waals surface area contributed by atoms with Crippen LogP contribution in [-0.2, 0) is 13.6 Å². The van der Waals surface area contributed by atoms with Gasteiger partial charge in [0.05, 0.1) is 18.2 Å². The van der Waals surface area contributed by atoms with Gasteiger partial charge in [0.15, 0.2) is 0 Å². The third-order valence-corrected chi connectivity index (χ3v) is 5.25. The van der Waals surface area contributed by atoms with Crippen molar-refractivity contribution in [2.75, 3.05) is 13.2 Å². The Labute approximate surface area is 117 Å². The zero-order valence-electron chi connectivity index (χ0n) is 11.2. The summed E-state index contributed by atoms with van der Waals surface area (Å²) in [7, 11) is -3.65. The highest BCUT2D eigenvalue weighted by molar-refractivity contribution is 7.54. The molecule has 0 fully saturated rings. The van der Waals surface area contributed by atoms with Gasteiger partial charge in [0.1, 0.15) is 11.6 Å². The van der Waals surface area contributed by atoms with Gasteiger partial charge in [-0.3, -0.25) is 4.57 Å². The van der Waals surface area contributed by atoms with E-state index >= 15 is 0 Å². The van der Waals surface area contributed by atoms with Crippen molar-refractivity contribution in [1.29, 1.82) is 0 Å².